The molecule has 1 aromatic carbocycles. The summed E-state index contributed by atoms with van der Waals surface area (Å²) in [7, 11) is 0. The fourth-order valence-electron chi connectivity index (χ4n) is 1.61. The first-order valence-electron chi connectivity index (χ1n) is 6.05. The van der Waals surface area contributed by atoms with Gasteiger partial charge in [-0.2, -0.15) is 0 Å². The Hall–Kier alpha value is -1.14. The molecule has 7 heteroatoms. The number of alkyl halides is 1. The molecule has 0 bridgehead atoms. The van der Waals surface area contributed by atoms with Crippen LogP contribution >= 0.6 is 27.5 Å². The first-order valence-corrected chi connectivity index (χ1v) is 7.55. The summed E-state index contributed by atoms with van der Waals surface area (Å²) in [4.78, 5) is 22.4. The number of rotatable bonds is 6. The molecule has 0 saturated carbocycles. The van der Waals surface area contributed by atoms with Crippen molar-refractivity contribution in [2.24, 2.45) is 5.41 Å². The van der Waals surface area contributed by atoms with E-state index in [0.29, 0.717) is 11.6 Å². The molecule has 0 heterocycles. The molecule has 0 fully saturated rings. The van der Waals surface area contributed by atoms with E-state index in [1.54, 1.807) is 0 Å². The average molecular weight is 364 g/mol. The lowest BCUT2D eigenvalue weighted by Gasteiger charge is -2.23. The van der Waals surface area contributed by atoms with E-state index in [1.807, 2.05) is 13.8 Å². The number of amides is 1. The monoisotopic (exact) mass is 362 g/mol. The normalized spacial score (nSPS) is 11.2. The average Bonchev–Trinajstić information content (AvgIpc) is 2.35. The SMILES string of the molecule is CC(C)(CCBr)CNC(=O)c1cc(Cl)ccc1[N+](=O)[O-]. The maximum absolute atomic E-state index is 12.1. The third-order valence-electron chi connectivity index (χ3n) is 2.90. The molecule has 20 heavy (non-hydrogen) atoms. The summed E-state index contributed by atoms with van der Waals surface area (Å²) in [5.74, 6) is -0.484. The predicted octanol–water partition coefficient (Wildman–Crippen LogP) is 3.79. The van der Waals surface area contributed by atoms with Crippen LogP contribution in [0.2, 0.25) is 5.02 Å². The second-order valence-electron chi connectivity index (χ2n) is 5.20. The Kier molecular flexibility index (Phi) is 5.95. The van der Waals surface area contributed by atoms with E-state index < -0.39 is 10.8 Å². The Balaban J connectivity index is 2.87. The van der Waals surface area contributed by atoms with Crippen molar-refractivity contribution >= 4 is 39.1 Å². The van der Waals surface area contributed by atoms with E-state index in [2.05, 4.69) is 21.2 Å². The lowest BCUT2D eigenvalue weighted by Crippen LogP contribution is -2.34. The highest BCUT2D eigenvalue weighted by Gasteiger charge is 2.23. The van der Waals surface area contributed by atoms with Gasteiger partial charge in [0.15, 0.2) is 0 Å². The summed E-state index contributed by atoms with van der Waals surface area (Å²) < 4.78 is 0. The van der Waals surface area contributed by atoms with Crippen LogP contribution in [0.1, 0.15) is 30.6 Å². The minimum atomic E-state index is -0.588. The molecule has 1 aromatic rings. The van der Waals surface area contributed by atoms with Gasteiger partial charge in [0.05, 0.1) is 4.92 Å². The van der Waals surface area contributed by atoms with Crippen LogP contribution in [0.5, 0.6) is 0 Å². The van der Waals surface area contributed by atoms with Crippen LogP contribution in [0.3, 0.4) is 0 Å². The molecule has 0 aromatic heterocycles. The Morgan fingerprint density at radius 2 is 2.15 bits per heavy atom. The van der Waals surface area contributed by atoms with E-state index in [1.165, 1.54) is 18.2 Å². The Morgan fingerprint density at radius 3 is 2.70 bits per heavy atom. The van der Waals surface area contributed by atoms with Crippen LogP contribution in [0.15, 0.2) is 18.2 Å². The molecule has 0 aliphatic carbocycles. The Bertz CT molecular complexity index is 520. The first-order chi connectivity index (χ1) is 9.26. The fourth-order valence-corrected chi connectivity index (χ4v) is 2.85. The maximum atomic E-state index is 12.1. The van der Waals surface area contributed by atoms with Gasteiger partial charge in [0.2, 0.25) is 0 Å². The first kappa shape index (κ1) is 16.9. The van der Waals surface area contributed by atoms with E-state index in [0.717, 1.165) is 11.8 Å². The molecule has 1 N–H and O–H groups in total. The third-order valence-corrected chi connectivity index (χ3v) is 3.53. The maximum Gasteiger partial charge on any atom is 0.282 e. The van der Waals surface area contributed by atoms with Crippen LogP contribution in [0.25, 0.3) is 0 Å². The second-order valence-corrected chi connectivity index (χ2v) is 6.43. The molecule has 0 radical (unpaired) electrons. The summed E-state index contributed by atoms with van der Waals surface area (Å²) in [6.45, 7) is 4.46. The van der Waals surface area contributed by atoms with Gasteiger partial charge in [-0.1, -0.05) is 41.4 Å². The zero-order chi connectivity index (χ0) is 15.3. The van der Waals surface area contributed by atoms with Gasteiger partial charge in [-0.3, -0.25) is 14.9 Å². The van der Waals surface area contributed by atoms with Crippen molar-refractivity contribution < 1.29 is 9.72 Å². The van der Waals surface area contributed by atoms with Crippen LogP contribution in [-0.4, -0.2) is 22.7 Å². The number of benzene rings is 1. The van der Waals surface area contributed by atoms with Crippen molar-refractivity contribution in [1.29, 1.82) is 0 Å². The summed E-state index contributed by atoms with van der Waals surface area (Å²) in [6, 6.07) is 3.94. The second kappa shape index (κ2) is 7.04. The zero-order valence-corrected chi connectivity index (χ0v) is 13.6. The Morgan fingerprint density at radius 1 is 1.50 bits per heavy atom. The van der Waals surface area contributed by atoms with Crippen LogP contribution in [-0.2, 0) is 0 Å². The molecule has 0 unspecified atom stereocenters. The number of hydrogen-bond donors (Lipinski definition) is 1. The number of nitro groups is 1. The number of nitrogens with one attached hydrogen (secondary N) is 1. The number of nitro benzene ring substituents is 1. The Labute approximate surface area is 131 Å². The van der Waals surface area contributed by atoms with Gasteiger partial charge in [-0.25, -0.2) is 0 Å². The van der Waals surface area contributed by atoms with E-state index >= 15 is 0 Å². The minimum Gasteiger partial charge on any atom is -0.351 e. The number of nitrogens with zero attached hydrogens (tertiary/aromatic N) is 1. The molecule has 0 aliphatic heterocycles. The lowest BCUT2D eigenvalue weighted by molar-refractivity contribution is -0.385. The van der Waals surface area contributed by atoms with Crippen molar-refractivity contribution in [1.82, 2.24) is 5.32 Å². The van der Waals surface area contributed by atoms with Crippen LogP contribution < -0.4 is 5.32 Å². The van der Waals surface area contributed by atoms with E-state index in [4.69, 9.17) is 11.6 Å². The quantitative estimate of drug-likeness (QED) is 0.475. The zero-order valence-electron chi connectivity index (χ0n) is 11.3. The lowest BCUT2D eigenvalue weighted by atomic mass is 9.90. The van der Waals surface area contributed by atoms with Crippen molar-refractivity contribution in [2.45, 2.75) is 20.3 Å². The smallest absolute Gasteiger partial charge is 0.282 e. The highest BCUT2D eigenvalue weighted by atomic mass is 79.9. The highest BCUT2D eigenvalue weighted by molar-refractivity contribution is 9.09. The standard InChI is InChI=1S/C13H16BrClN2O3/c1-13(2,5-6-14)8-16-12(18)10-7-9(15)3-4-11(10)17(19)20/h3-4,7H,5-6,8H2,1-2H3,(H,16,18). The van der Waals surface area contributed by atoms with Crippen molar-refractivity contribution in [3.63, 3.8) is 0 Å². The molecular formula is C13H16BrClN2O3. The molecule has 0 saturated heterocycles. The van der Waals surface area contributed by atoms with Gasteiger partial charge >= 0.3 is 0 Å². The molecule has 0 aliphatic rings. The summed E-state index contributed by atoms with van der Waals surface area (Å²) in [6.07, 6.45) is 0.880. The predicted molar refractivity (Wildman–Crippen MR) is 82.6 cm³/mol. The van der Waals surface area contributed by atoms with E-state index in [-0.39, 0.29) is 16.7 Å². The molecule has 0 spiro atoms. The molecule has 0 atom stereocenters. The van der Waals surface area contributed by atoms with Gasteiger partial charge in [-0.05, 0) is 24.0 Å². The fraction of sp³-hybridized carbons (Fsp3) is 0.462. The molecule has 5 nitrogen and oxygen atoms in total. The molecule has 1 rings (SSSR count). The summed E-state index contributed by atoms with van der Waals surface area (Å²) in [5, 5.41) is 14.8. The van der Waals surface area contributed by atoms with E-state index in [9.17, 15) is 14.9 Å². The van der Waals surface area contributed by atoms with Crippen molar-refractivity contribution in [3.8, 4) is 0 Å². The van der Waals surface area contributed by atoms with Crippen molar-refractivity contribution in [2.75, 3.05) is 11.9 Å². The third kappa shape index (κ3) is 4.76. The van der Waals surface area contributed by atoms with Gasteiger partial charge in [0.1, 0.15) is 5.56 Å². The van der Waals surface area contributed by atoms with Crippen molar-refractivity contribution in [3.05, 3.63) is 38.9 Å². The number of carbonyl (C=O) groups excluding carboxylic acids is 1. The largest absolute Gasteiger partial charge is 0.351 e. The number of hydrogen-bond acceptors (Lipinski definition) is 3. The van der Waals surface area contributed by atoms with Gasteiger partial charge in [-0.15, -0.1) is 0 Å². The summed E-state index contributed by atoms with van der Waals surface area (Å²) in [5.41, 5.74) is -0.352. The topological polar surface area (TPSA) is 72.2 Å². The number of halogens is 2. The molecule has 110 valence electrons. The minimum absolute atomic E-state index is 0.0165. The van der Waals surface area contributed by atoms with Gasteiger partial charge in [0, 0.05) is 23.0 Å². The van der Waals surface area contributed by atoms with Crippen LogP contribution in [0, 0.1) is 15.5 Å². The highest BCUT2D eigenvalue weighted by Crippen LogP contribution is 2.24. The summed E-state index contributed by atoms with van der Waals surface area (Å²) >= 11 is 9.15. The molecular weight excluding hydrogens is 348 g/mol. The van der Waals surface area contributed by atoms with Gasteiger partial charge < -0.3 is 5.32 Å². The number of carbonyl (C=O) groups is 1. The molecule has 1 amide bonds. The van der Waals surface area contributed by atoms with Crippen LogP contribution in [0.4, 0.5) is 5.69 Å². The van der Waals surface area contributed by atoms with Gasteiger partial charge in [0.25, 0.3) is 11.6 Å².